The summed E-state index contributed by atoms with van der Waals surface area (Å²) in [5, 5.41) is 0. The van der Waals surface area contributed by atoms with Crippen molar-refractivity contribution in [2.75, 3.05) is 43.5 Å². The Morgan fingerprint density at radius 1 is 1.15 bits per heavy atom. The van der Waals surface area contributed by atoms with E-state index in [2.05, 4.69) is 21.5 Å². The van der Waals surface area contributed by atoms with Crippen molar-refractivity contribution in [2.45, 2.75) is 39.8 Å². The summed E-state index contributed by atoms with van der Waals surface area (Å²) in [6, 6.07) is 1.53. The van der Waals surface area contributed by atoms with E-state index in [-0.39, 0.29) is 11.3 Å². The van der Waals surface area contributed by atoms with E-state index < -0.39 is 11.9 Å². The molecule has 0 aliphatic heterocycles. The predicted octanol–water partition coefficient (Wildman–Crippen LogP) is 4.21. The van der Waals surface area contributed by atoms with E-state index in [1.165, 1.54) is 6.07 Å². The van der Waals surface area contributed by atoms with Crippen LogP contribution in [0.15, 0.2) is 17.6 Å². The van der Waals surface area contributed by atoms with Gasteiger partial charge in [-0.25, -0.2) is 4.98 Å². The highest BCUT2D eigenvalue weighted by Gasteiger charge is 2.38. The summed E-state index contributed by atoms with van der Waals surface area (Å²) in [7, 11) is 2.94. The van der Waals surface area contributed by atoms with Gasteiger partial charge >= 0.3 is 6.18 Å². The molecule has 0 saturated heterocycles. The largest absolute Gasteiger partial charge is 0.433 e. The van der Waals surface area contributed by atoms with Crippen LogP contribution in [-0.2, 0) is 0 Å². The lowest BCUT2D eigenvalue weighted by Crippen LogP contribution is -2.29. The normalized spacial score (nSPS) is 12.2. The number of anilines is 2. The summed E-state index contributed by atoms with van der Waals surface area (Å²) >= 11 is 0. The van der Waals surface area contributed by atoms with Crippen LogP contribution in [-0.4, -0.2) is 55.6 Å². The standard InChI is InChI=1S/C18H28F3N5/c1-7-10-26(11-8-2)17-23-14(12-15(24-17)25(6)9-3)13(4)16(22-5)18(19,20)21/h12H,4,7-11H2,1-3,5-6H3. The Hall–Kier alpha value is -2.12. The molecule has 0 aromatic carbocycles. The Labute approximate surface area is 153 Å². The maximum Gasteiger partial charge on any atom is 0.433 e. The third-order valence-corrected chi connectivity index (χ3v) is 3.92. The minimum Gasteiger partial charge on any atom is -0.360 e. The number of aromatic nitrogens is 2. The van der Waals surface area contributed by atoms with Crippen LogP contribution in [0.4, 0.5) is 24.9 Å². The van der Waals surface area contributed by atoms with Gasteiger partial charge in [-0.1, -0.05) is 20.4 Å². The molecule has 0 bridgehead atoms. The van der Waals surface area contributed by atoms with Gasteiger partial charge in [0.15, 0.2) is 0 Å². The maximum atomic E-state index is 13.2. The molecule has 1 aromatic rings. The van der Waals surface area contributed by atoms with Crippen molar-refractivity contribution in [3.63, 3.8) is 0 Å². The molecule has 0 radical (unpaired) electrons. The quantitative estimate of drug-likeness (QED) is 0.610. The monoisotopic (exact) mass is 371 g/mol. The summed E-state index contributed by atoms with van der Waals surface area (Å²) in [5.74, 6) is 0.976. The zero-order valence-corrected chi connectivity index (χ0v) is 16.2. The van der Waals surface area contributed by atoms with Crippen molar-refractivity contribution >= 4 is 23.1 Å². The number of hydrogen-bond acceptors (Lipinski definition) is 5. The molecule has 0 fully saturated rings. The molecule has 0 N–H and O–H groups in total. The molecular weight excluding hydrogens is 343 g/mol. The van der Waals surface area contributed by atoms with Crippen molar-refractivity contribution in [1.29, 1.82) is 0 Å². The first-order valence-corrected chi connectivity index (χ1v) is 8.78. The van der Waals surface area contributed by atoms with Crippen molar-refractivity contribution in [3.05, 3.63) is 18.3 Å². The number of allylic oxidation sites excluding steroid dienone is 1. The third-order valence-electron chi connectivity index (χ3n) is 3.92. The van der Waals surface area contributed by atoms with Crippen molar-refractivity contribution in [3.8, 4) is 0 Å². The van der Waals surface area contributed by atoms with Crippen LogP contribution in [0.25, 0.3) is 5.57 Å². The van der Waals surface area contributed by atoms with E-state index in [9.17, 15) is 13.2 Å². The second kappa shape index (κ2) is 9.54. The molecule has 0 saturated carbocycles. The molecule has 0 aliphatic rings. The predicted molar refractivity (Wildman–Crippen MR) is 102 cm³/mol. The van der Waals surface area contributed by atoms with E-state index >= 15 is 0 Å². The van der Waals surface area contributed by atoms with Crippen LogP contribution < -0.4 is 9.80 Å². The Morgan fingerprint density at radius 3 is 2.15 bits per heavy atom. The van der Waals surface area contributed by atoms with Gasteiger partial charge < -0.3 is 9.80 Å². The highest BCUT2D eigenvalue weighted by atomic mass is 19.4. The molecule has 8 heteroatoms. The Kier molecular flexibility index (Phi) is 8.05. The van der Waals surface area contributed by atoms with E-state index in [1.807, 2.05) is 37.6 Å². The highest BCUT2D eigenvalue weighted by molar-refractivity contribution is 6.25. The molecule has 0 unspecified atom stereocenters. The summed E-state index contributed by atoms with van der Waals surface area (Å²) in [6.07, 6.45) is -2.81. The van der Waals surface area contributed by atoms with Crippen LogP contribution in [0.5, 0.6) is 0 Å². The number of aliphatic imine (C=N–C) groups is 1. The van der Waals surface area contributed by atoms with Crippen LogP contribution >= 0.6 is 0 Å². The van der Waals surface area contributed by atoms with Crippen molar-refractivity contribution in [2.24, 2.45) is 4.99 Å². The van der Waals surface area contributed by atoms with Gasteiger partial charge in [0.05, 0.1) is 5.69 Å². The lowest BCUT2D eigenvalue weighted by molar-refractivity contribution is -0.0572. The summed E-state index contributed by atoms with van der Waals surface area (Å²) in [5.41, 5.74) is -1.13. The van der Waals surface area contributed by atoms with Crippen molar-refractivity contribution in [1.82, 2.24) is 9.97 Å². The number of hydrogen-bond donors (Lipinski definition) is 0. The maximum absolute atomic E-state index is 13.2. The molecular formula is C18H28F3N5. The second-order valence-corrected chi connectivity index (χ2v) is 5.96. The third kappa shape index (κ3) is 5.44. The van der Waals surface area contributed by atoms with Gasteiger partial charge in [0.2, 0.25) is 5.95 Å². The summed E-state index contributed by atoms with van der Waals surface area (Å²) < 4.78 is 39.7. The van der Waals surface area contributed by atoms with Gasteiger partial charge in [0.25, 0.3) is 0 Å². The molecule has 1 aromatic heterocycles. The Morgan fingerprint density at radius 2 is 1.73 bits per heavy atom. The van der Waals surface area contributed by atoms with Gasteiger partial charge in [-0.2, -0.15) is 18.2 Å². The van der Waals surface area contributed by atoms with Crippen LogP contribution in [0.2, 0.25) is 0 Å². The Balaban J connectivity index is 3.47. The van der Waals surface area contributed by atoms with Crippen LogP contribution in [0, 0.1) is 0 Å². The Bertz CT molecular complexity index is 634. The molecule has 146 valence electrons. The summed E-state index contributed by atoms with van der Waals surface area (Å²) in [6.45, 7) is 11.7. The average molecular weight is 371 g/mol. The lowest BCUT2D eigenvalue weighted by Gasteiger charge is -2.25. The lowest BCUT2D eigenvalue weighted by atomic mass is 10.1. The molecule has 26 heavy (non-hydrogen) atoms. The van der Waals surface area contributed by atoms with E-state index in [0.717, 1.165) is 33.0 Å². The minimum absolute atomic E-state index is 0.139. The molecule has 0 spiro atoms. The molecule has 0 aliphatic carbocycles. The first kappa shape index (κ1) is 21.9. The van der Waals surface area contributed by atoms with Crippen molar-refractivity contribution < 1.29 is 13.2 Å². The second-order valence-electron chi connectivity index (χ2n) is 5.96. The van der Waals surface area contributed by atoms with Crippen LogP contribution in [0.3, 0.4) is 0 Å². The number of rotatable bonds is 9. The number of alkyl halides is 3. The first-order valence-electron chi connectivity index (χ1n) is 8.78. The van der Waals surface area contributed by atoms with Gasteiger partial charge in [-0.05, 0) is 19.8 Å². The van der Waals surface area contributed by atoms with Crippen LogP contribution in [0.1, 0.15) is 39.3 Å². The fourth-order valence-electron chi connectivity index (χ4n) is 2.48. The SMILES string of the molecule is C=C(C(=NC)C(F)(F)F)c1cc(N(C)CC)nc(N(CCC)CCC)n1. The highest BCUT2D eigenvalue weighted by Crippen LogP contribution is 2.29. The van der Waals surface area contributed by atoms with Gasteiger partial charge in [-0.3, -0.25) is 4.99 Å². The molecule has 1 heterocycles. The van der Waals surface area contributed by atoms with E-state index in [1.54, 1.807) is 0 Å². The zero-order chi connectivity index (χ0) is 19.9. The van der Waals surface area contributed by atoms with Gasteiger partial charge in [-0.15, -0.1) is 0 Å². The van der Waals surface area contributed by atoms with E-state index in [4.69, 9.17) is 0 Å². The minimum atomic E-state index is -4.58. The molecule has 0 atom stereocenters. The van der Waals surface area contributed by atoms with Gasteiger partial charge in [0, 0.05) is 45.4 Å². The fourth-order valence-corrected chi connectivity index (χ4v) is 2.48. The summed E-state index contributed by atoms with van der Waals surface area (Å²) in [4.78, 5) is 16.2. The molecule has 5 nitrogen and oxygen atoms in total. The van der Waals surface area contributed by atoms with E-state index in [0.29, 0.717) is 18.3 Å². The molecule has 1 rings (SSSR count). The molecule has 0 amide bonds. The topological polar surface area (TPSA) is 44.6 Å². The first-order chi connectivity index (χ1) is 12.2. The fraction of sp³-hybridized carbons (Fsp3) is 0.611. The van der Waals surface area contributed by atoms with Gasteiger partial charge in [0.1, 0.15) is 11.5 Å². The zero-order valence-electron chi connectivity index (χ0n) is 16.2. The smallest absolute Gasteiger partial charge is 0.360 e. The number of halogens is 3. The number of nitrogens with zero attached hydrogens (tertiary/aromatic N) is 5. The average Bonchev–Trinajstić information content (AvgIpc) is 2.59.